The summed E-state index contributed by atoms with van der Waals surface area (Å²) in [6.07, 6.45) is 6.88. The second-order valence-corrected chi connectivity index (χ2v) is 4.11. The molecule has 1 amide bonds. The third kappa shape index (κ3) is 3.93. The fourth-order valence-corrected chi connectivity index (χ4v) is 1.47. The lowest BCUT2D eigenvalue weighted by Gasteiger charge is -2.07. The van der Waals surface area contributed by atoms with Crippen molar-refractivity contribution < 1.29 is 4.79 Å². The van der Waals surface area contributed by atoms with Gasteiger partial charge in [0.25, 0.3) is 0 Å². The Bertz CT molecular complexity index is 428. The van der Waals surface area contributed by atoms with Crippen LogP contribution < -0.4 is 10.6 Å². The molecule has 0 aliphatic carbocycles. The van der Waals surface area contributed by atoms with Crippen molar-refractivity contribution in [1.82, 2.24) is 15.1 Å². The lowest BCUT2D eigenvalue weighted by Crippen LogP contribution is -2.28. The van der Waals surface area contributed by atoms with Gasteiger partial charge in [-0.05, 0) is 5.92 Å². The summed E-state index contributed by atoms with van der Waals surface area (Å²) in [6.45, 7) is 4.66. The highest BCUT2D eigenvalue weighted by atomic mass is 16.1. The molecular weight excluding hydrogens is 216 g/mol. The predicted octanol–water partition coefficient (Wildman–Crippen LogP) is 0.705. The fraction of sp³-hybridized carbons (Fsp3) is 0.500. The zero-order valence-electron chi connectivity index (χ0n) is 10.4. The molecule has 0 atom stereocenters. The van der Waals surface area contributed by atoms with Crippen LogP contribution in [0.15, 0.2) is 6.20 Å². The number of hydrogen-bond acceptors (Lipinski definition) is 3. The third-order valence-corrected chi connectivity index (χ3v) is 2.19. The van der Waals surface area contributed by atoms with Gasteiger partial charge in [0.2, 0.25) is 5.91 Å². The van der Waals surface area contributed by atoms with Crippen LogP contribution in [0.1, 0.15) is 25.5 Å². The first-order valence-electron chi connectivity index (χ1n) is 5.52. The molecule has 1 aromatic rings. The van der Waals surface area contributed by atoms with E-state index in [4.69, 9.17) is 6.42 Å². The lowest BCUT2D eigenvalue weighted by atomic mass is 10.1. The van der Waals surface area contributed by atoms with Gasteiger partial charge in [-0.1, -0.05) is 19.8 Å². The summed E-state index contributed by atoms with van der Waals surface area (Å²) in [7, 11) is 1.83. The van der Waals surface area contributed by atoms with Crippen molar-refractivity contribution in [3.05, 3.63) is 11.9 Å². The van der Waals surface area contributed by atoms with E-state index in [0.717, 1.165) is 11.4 Å². The highest BCUT2D eigenvalue weighted by Crippen LogP contribution is 2.21. The largest absolute Gasteiger partial charge is 0.322 e. The second kappa shape index (κ2) is 6.06. The van der Waals surface area contributed by atoms with Crippen LogP contribution in [0.4, 0.5) is 5.69 Å². The van der Waals surface area contributed by atoms with Crippen molar-refractivity contribution in [2.24, 2.45) is 7.05 Å². The smallest absolute Gasteiger partial charge is 0.238 e. The Morgan fingerprint density at radius 3 is 2.94 bits per heavy atom. The standard InChI is InChI=1S/C12H18N4O/c1-5-6-13-7-11(17)14-10-8-16(4)15-12(10)9(2)3/h1,8-9,13H,6-7H2,2-4H3,(H,14,17). The van der Waals surface area contributed by atoms with E-state index in [9.17, 15) is 4.79 Å². The Kier molecular flexibility index (Phi) is 4.73. The van der Waals surface area contributed by atoms with E-state index < -0.39 is 0 Å². The van der Waals surface area contributed by atoms with Gasteiger partial charge in [0.15, 0.2) is 0 Å². The molecule has 5 nitrogen and oxygen atoms in total. The molecule has 92 valence electrons. The molecule has 17 heavy (non-hydrogen) atoms. The monoisotopic (exact) mass is 234 g/mol. The zero-order chi connectivity index (χ0) is 12.8. The Hall–Kier alpha value is -1.80. The molecule has 2 N–H and O–H groups in total. The van der Waals surface area contributed by atoms with Crippen molar-refractivity contribution in [1.29, 1.82) is 0 Å². The van der Waals surface area contributed by atoms with Gasteiger partial charge in [-0.15, -0.1) is 6.42 Å². The van der Waals surface area contributed by atoms with Crippen LogP contribution in [0.25, 0.3) is 0 Å². The first kappa shape index (κ1) is 13.3. The van der Waals surface area contributed by atoms with Crippen LogP contribution in [0.5, 0.6) is 0 Å². The summed E-state index contributed by atoms with van der Waals surface area (Å²) in [4.78, 5) is 11.6. The minimum absolute atomic E-state index is 0.116. The van der Waals surface area contributed by atoms with Crippen LogP contribution in [-0.4, -0.2) is 28.8 Å². The van der Waals surface area contributed by atoms with Crippen LogP contribution in [-0.2, 0) is 11.8 Å². The summed E-state index contributed by atoms with van der Waals surface area (Å²) in [5.74, 6) is 2.57. The number of terminal acetylenes is 1. The van der Waals surface area contributed by atoms with Crippen LogP contribution in [0.3, 0.4) is 0 Å². The number of carbonyl (C=O) groups is 1. The van der Waals surface area contributed by atoms with Gasteiger partial charge in [-0.25, -0.2) is 0 Å². The van der Waals surface area contributed by atoms with Crippen molar-refractivity contribution in [3.63, 3.8) is 0 Å². The van der Waals surface area contributed by atoms with Crippen molar-refractivity contribution in [3.8, 4) is 12.3 Å². The van der Waals surface area contributed by atoms with Gasteiger partial charge in [0.05, 0.1) is 24.5 Å². The third-order valence-electron chi connectivity index (χ3n) is 2.19. The summed E-state index contributed by atoms with van der Waals surface area (Å²) >= 11 is 0. The molecule has 0 aromatic carbocycles. The molecule has 0 radical (unpaired) electrons. The van der Waals surface area contributed by atoms with Crippen molar-refractivity contribution in [2.45, 2.75) is 19.8 Å². The molecular formula is C12H18N4O. The van der Waals surface area contributed by atoms with E-state index in [-0.39, 0.29) is 18.4 Å². The summed E-state index contributed by atoms with van der Waals surface area (Å²) in [5, 5.41) is 9.96. The highest BCUT2D eigenvalue weighted by Gasteiger charge is 2.13. The molecule has 0 bridgehead atoms. The average molecular weight is 234 g/mol. The molecule has 0 aliphatic heterocycles. The number of carbonyl (C=O) groups excluding carboxylic acids is 1. The van der Waals surface area contributed by atoms with E-state index in [1.807, 2.05) is 20.9 Å². The minimum Gasteiger partial charge on any atom is -0.322 e. The molecule has 0 saturated carbocycles. The number of anilines is 1. The second-order valence-electron chi connectivity index (χ2n) is 4.11. The first-order valence-corrected chi connectivity index (χ1v) is 5.52. The van der Waals surface area contributed by atoms with E-state index in [1.165, 1.54) is 0 Å². The predicted molar refractivity (Wildman–Crippen MR) is 67.6 cm³/mol. The number of amides is 1. The molecule has 0 fully saturated rings. The van der Waals surface area contributed by atoms with Gasteiger partial charge >= 0.3 is 0 Å². The Morgan fingerprint density at radius 2 is 2.35 bits per heavy atom. The maximum Gasteiger partial charge on any atom is 0.238 e. The number of aromatic nitrogens is 2. The van der Waals surface area contributed by atoms with Gasteiger partial charge in [0, 0.05) is 13.2 Å². The Labute approximate surface area is 102 Å². The van der Waals surface area contributed by atoms with Crippen LogP contribution in [0.2, 0.25) is 0 Å². The van der Waals surface area contributed by atoms with Crippen LogP contribution in [0, 0.1) is 12.3 Å². The molecule has 0 unspecified atom stereocenters. The maximum absolute atomic E-state index is 11.6. The lowest BCUT2D eigenvalue weighted by molar-refractivity contribution is -0.115. The number of rotatable bonds is 5. The molecule has 0 saturated heterocycles. The van der Waals surface area contributed by atoms with E-state index in [1.54, 1.807) is 10.9 Å². The van der Waals surface area contributed by atoms with E-state index in [0.29, 0.717) is 6.54 Å². The van der Waals surface area contributed by atoms with Crippen LogP contribution >= 0.6 is 0 Å². The molecule has 0 aliphatic rings. The van der Waals surface area contributed by atoms with E-state index >= 15 is 0 Å². The fourth-order valence-electron chi connectivity index (χ4n) is 1.47. The van der Waals surface area contributed by atoms with Gasteiger partial charge in [0.1, 0.15) is 0 Å². The molecule has 1 heterocycles. The maximum atomic E-state index is 11.6. The Morgan fingerprint density at radius 1 is 1.65 bits per heavy atom. The topological polar surface area (TPSA) is 59.0 Å². The minimum atomic E-state index is -0.116. The van der Waals surface area contributed by atoms with E-state index in [2.05, 4.69) is 21.7 Å². The normalized spacial score (nSPS) is 10.3. The molecule has 1 aromatic heterocycles. The number of aryl methyl sites for hydroxylation is 1. The number of nitrogens with zero attached hydrogens (tertiary/aromatic N) is 2. The molecule has 1 rings (SSSR count). The Balaban J connectivity index is 2.62. The van der Waals surface area contributed by atoms with Gasteiger partial charge in [-0.3, -0.25) is 14.8 Å². The van der Waals surface area contributed by atoms with Gasteiger partial charge < -0.3 is 5.32 Å². The van der Waals surface area contributed by atoms with Crippen molar-refractivity contribution >= 4 is 11.6 Å². The highest BCUT2D eigenvalue weighted by molar-refractivity contribution is 5.92. The SMILES string of the molecule is C#CCNCC(=O)Nc1cn(C)nc1C(C)C. The first-order chi connectivity index (χ1) is 8.04. The molecule has 0 spiro atoms. The zero-order valence-corrected chi connectivity index (χ0v) is 10.4. The quantitative estimate of drug-likeness (QED) is 0.582. The average Bonchev–Trinajstić information content (AvgIpc) is 2.60. The number of hydrogen-bond donors (Lipinski definition) is 2. The summed E-state index contributed by atoms with van der Waals surface area (Å²) < 4.78 is 1.69. The summed E-state index contributed by atoms with van der Waals surface area (Å²) in [6, 6.07) is 0. The number of nitrogens with one attached hydrogen (secondary N) is 2. The molecule has 5 heteroatoms. The van der Waals surface area contributed by atoms with Gasteiger partial charge in [-0.2, -0.15) is 5.10 Å². The summed E-state index contributed by atoms with van der Waals surface area (Å²) in [5.41, 5.74) is 1.65. The van der Waals surface area contributed by atoms with Crippen molar-refractivity contribution in [2.75, 3.05) is 18.4 Å².